The van der Waals surface area contributed by atoms with Crippen molar-refractivity contribution in [1.82, 2.24) is 9.97 Å². The molecule has 1 heterocycles. The summed E-state index contributed by atoms with van der Waals surface area (Å²) in [7, 11) is 1.68. The van der Waals surface area contributed by atoms with E-state index in [9.17, 15) is 5.11 Å². The second-order valence-corrected chi connectivity index (χ2v) is 4.64. The number of aliphatic hydroxyl groups is 1. The molecule has 90 valence electrons. The van der Waals surface area contributed by atoms with Crippen LogP contribution in [0.25, 0.3) is 0 Å². The van der Waals surface area contributed by atoms with Crippen molar-refractivity contribution in [3.63, 3.8) is 0 Å². The third kappa shape index (κ3) is 3.87. The van der Waals surface area contributed by atoms with Gasteiger partial charge in [0.05, 0.1) is 5.60 Å². The van der Waals surface area contributed by atoms with E-state index in [1.54, 1.807) is 19.5 Å². The zero-order valence-corrected chi connectivity index (χ0v) is 10.4. The van der Waals surface area contributed by atoms with Crippen LogP contribution in [0.4, 0.5) is 0 Å². The van der Waals surface area contributed by atoms with Crippen LogP contribution in [0, 0.1) is 6.92 Å². The van der Waals surface area contributed by atoms with Gasteiger partial charge in [0.15, 0.2) is 5.82 Å². The highest BCUT2D eigenvalue weighted by molar-refractivity contribution is 5.03. The third-order valence-corrected chi connectivity index (χ3v) is 2.67. The average Bonchev–Trinajstić information content (AvgIpc) is 2.27. The molecule has 1 rings (SSSR count). The molecule has 1 aromatic rings. The number of nitrogens with zero attached hydrogens (tertiary/aromatic N) is 2. The largest absolute Gasteiger partial charge is 0.385 e. The van der Waals surface area contributed by atoms with Gasteiger partial charge < -0.3 is 9.84 Å². The van der Waals surface area contributed by atoms with E-state index in [0.717, 1.165) is 12.0 Å². The Labute approximate surface area is 96.7 Å². The summed E-state index contributed by atoms with van der Waals surface area (Å²) in [5, 5.41) is 9.89. The van der Waals surface area contributed by atoms with Crippen LogP contribution in [0.15, 0.2) is 12.4 Å². The second kappa shape index (κ2) is 5.37. The normalized spacial score (nSPS) is 13.8. The number of aryl methyl sites for hydroxylation is 1. The van der Waals surface area contributed by atoms with Crippen molar-refractivity contribution in [1.29, 1.82) is 0 Å². The molecule has 1 unspecified atom stereocenters. The van der Waals surface area contributed by atoms with Crippen LogP contribution in [0.3, 0.4) is 0 Å². The molecule has 0 bridgehead atoms. The molecule has 0 aliphatic heterocycles. The van der Waals surface area contributed by atoms with Crippen LogP contribution in [0.1, 0.15) is 44.2 Å². The summed E-state index contributed by atoms with van der Waals surface area (Å²) in [6.07, 6.45) is 4.18. The van der Waals surface area contributed by atoms with Gasteiger partial charge in [-0.3, -0.25) is 0 Å². The molecule has 0 spiro atoms. The fourth-order valence-electron chi connectivity index (χ4n) is 1.29. The van der Waals surface area contributed by atoms with Gasteiger partial charge in [-0.05, 0) is 39.2 Å². The number of aromatic nitrogens is 2. The lowest BCUT2D eigenvalue weighted by Crippen LogP contribution is -2.23. The van der Waals surface area contributed by atoms with Crippen molar-refractivity contribution in [2.75, 3.05) is 7.11 Å². The lowest BCUT2D eigenvalue weighted by molar-refractivity contribution is 0.00199. The molecule has 1 aromatic heterocycles. The monoisotopic (exact) mass is 224 g/mol. The quantitative estimate of drug-likeness (QED) is 0.831. The Kier molecular flexibility index (Phi) is 4.38. The van der Waals surface area contributed by atoms with Gasteiger partial charge in [0, 0.05) is 19.5 Å². The molecule has 0 amide bonds. The fraction of sp³-hybridized carbons (Fsp3) is 0.667. The Morgan fingerprint density at radius 2 is 1.94 bits per heavy atom. The first-order valence-electron chi connectivity index (χ1n) is 5.46. The molecule has 0 radical (unpaired) electrons. The maximum absolute atomic E-state index is 9.89. The third-order valence-electron chi connectivity index (χ3n) is 2.67. The van der Waals surface area contributed by atoms with E-state index in [0.29, 0.717) is 12.2 Å². The van der Waals surface area contributed by atoms with Crippen molar-refractivity contribution in [3.05, 3.63) is 23.8 Å². The molecule has 0 aliphatic rings. The number of hydrogen-bond acceptors (Lipinski definition) is 4. The summed E-state index contributed by atoms with van der Waals surface area (Å²) in [4.78, 5) is 8.21. The first kappa shape index (κ1) is 13.1. The average molecular weight is 224 g/mol. The smallest absolute Gasteiger partial charge is 0.156 e. The molecule has 1 atom stereocenters. The van der Waals surface area contributed by atoms with Crippen molar-refractivity contribution in [2.24, 2.45) is 0 Å². The van der Waals surface area contributed by atoms with Gasteiger partial charge in [0.1, 0.15) is 6.10 Å². The zero-order valence-electron chi connectivity index (χ0n) is 10.4. The summed E-state index contributed by atoms with van der Waals surface area (Å²) in [5.41, 5.74) is 0.777. The first-order chi connectivity index (χ1) is 7.44. The van der Waals surface area contributed by atoms with Gasteiger partial charge in [0.2, 0.25) is 0 Å². The number of hydrogen-bond donors (Lipinski definition) is 1. The predicted molar refractivity (Wildman–Crippen MR) is 62.1 cm³/mol. The minimum atomic E-state index is -0.616. The molecular weight excluding hydrogens is 204 g/mol. The molecule has 0 saturated heterocycles. The maximum Gasteiger partial charge on any atom is 0.156 e. The number of ether oxygens (including phenoxy) is 1. The second-order valence-electron chi connectivity index (χ2n) is 4.64. The Hall–Kier alpha value is -1.00. The van der Waals surface area contributed by atoms with Gasteiger partial charge in [-0.25, -0.2) is 9.97 Å². The van der Waals surface area contributed by atoms with Crippen LogP contribution >= 0.6 is 0 Å². The van der Waals surface area contributed by atoms with Crippen LogP contribution in [0.5, 0.6) is 0 Å². The van der Waals surface area contributed by atoms with Gasteiger partial charge in [-0.2, -0.15) is 0 Å². The summed E-state index contributed by atoms with van der Waals surface area (Å²) < 4.78 is 5.29. The highest BCUT2D eigenvalue weighted by Crippen LogP contribution is 2.22. The van der Waals surface area contributed by atoms with Crippen LogP contribution in [-0.2, 0) is 4.74 Å². The molecule has 16 heavy (non-hydrogen) atoms. The summed E-state index contributed by atoms with van der Waals surface area (Å²) in [6.45, 7) is 5.91. The lowest BCUT2D eigenvalue weighted by atomic mass is 10.00. The van der Waals surface area contributed by atoms with E-state index in [1.807, 2.05) is 20.8 Å². The van der Waals surface area contributed by atoms with E-state index < -0.39 is 6.10 Å². The van der Waals surface area contributed by atoms with E-state index >= 15 is 0 Å². The van der Waals surface area contributed by atoms with Crippen molar-refractivity contribution >= 4 is 0 Å². The first-order valence-corrected chi connectivity index (χ1v) is 5.46. The standard InChI is InChI=1S/C12H20N2O2/c1-9-7-13-11(14-8-9)10(15)5-6-12(2,3)16-4/h7-8,10,15H,5-6H2,1-4H3. The van der Waals surface area contributed by atoms with E-state index in [4.69, 9.17) is 4.74 Å². The predicted octanol–water partition coefficient (Wildman–Crippen LogP) is 2.02. The fourth-order valence-corrected chi connectivity index (χ4v) is 1.29. The van der Waals surface area contributed by atoms with Gasteiger partial charge in [-0.1, -0.05) is 0 Å². The minimum Gasteiger partial charge on any atom is -0.385 e. The summed E-state index contributed by atoms with van der Waals surface area (Å²) in [5.74, 6) is 0.484. The van der Waals surface area contributed by atoms with Gasteiger partial charge in [-0.15, -0.1) is 0 Å². The lowest BCUT2D eigenvalue weighted by Gasteiger charge is -2.23. The highest BCUT2D eigenvalue weighted by Gasteiger charge is 2.20. The van der Waals surface area contributed by atoms with Crippen molar-refractivity contribution in [3.8, 4) is 0 Å². The number of rotatable bonds is 5. The van der Waals surface area contributed by atoms with Crippen LogP contribution < -0.4 is 0 Å². The highest BCUT2D eigenvalue weighted by atomic mass is 16.5. The molecular formula is C12H20N2O2. The molecule has 4 nitrogen and oxygen atoms in total. The molecule has 0 saturated carbocycles. The molecule has 1 N–H and O–H groups in total. The molecule has 0 aliphatic carbocycles. The molecule has 4 heteroatoms. The van der Waals surface area contributed by atoms with Crippen LogP contribution in [0.2, 0.25) is 0 Å². The van der Waals surface area contributed by atoms with Gasteiger partial charge >= 0.3 is 0 Å². The summed E-state index contributed by atoms with van der Waals surface area (Å²) in [6, 6.07) is 0. The maximum atomic E-state index is 9.89. The van der Waals surface area contributed by atoms with E-state index in [1.165, 1.54) is 0 Å². The Morgan fingerprint density at radius 1 is 1.38 bits per heavy atom. The SMILES string of the molecule is COC(C)(C)CCC(O)c1ncc(C)cn1. The Bertz CT molecular complexity index is 322. The Morgan fingerprint density at radius 3 is 2.44 bits per heavy atom. The zero-order chi connectivity index (χ0) is 12.2. The number of methoxy groups -OCH3 is 1. The van der Waals surface area contributed by atoms with E-state index in [-0.39, 0.29) is 5.60 Å². The van der Waals surface area contributed by atoms with Gasteiger partial charge in [0.25, 0.3) is 0 Å². The minimum absolute atomic E-state index is 0.217. The van der Waals surface area contributed by atoms with Crippen LogP contribution in [-0.4, -0.2) is 27.8 Å². The topological polar surface area (TPSA) is 55.2 Å². The van der Waals surface area contributed by atoms with E-state index in [2.05, 4.69) is 9.97 Å². The van der Waals surface area contributed by atoms with Crippen molar-refractivity contribution in [2.45, 2.75) is 45.3 Å². The Balaban J connectivity index is 2.53. The van der Waals surface area contributed by atoms with Crippen molar-refractivity contribution < 1.29 is 9.84 Å². The molecule has 0 fully saturated rings. The molecule has 0 aromatic carbocycles. The summed E-state index contributed by atoms with van der Waals surface area (Å²) >= 11 is 0. The number of aliphatic hydroxyl groups excluding tert-OH is 1.